The maximum Gasteiger partial charge on any atom is 0.414 e. The second-order valence-electron chi connectivity index (χ2n) is 3.77. The Hall–Kier alpha value is -2.10. The van der Waals surface area contributed by atoms with E-state index in [1.165, 1.54) is 17.2 Å². The molecule has 0 aromatic heterocycles. The molecule has 0 fully saturated rings. The molecule has 88 valence electrons. The molecule has 2 rings (SSSR count). The first-order valence-electron chi connectivity index (χ1n) is 5.44. The Morgan fingerprint density at radius 2 is 2.06 bits per heavy atom. The van der Waals surface area contributed by atoms with E-state index < -0.39 is 6.09 Å². The smallest absolute Gasteiger partial charge is 0.414 e. The second-order valence-corrected chi connectivity index (χ2v) is 3.77. The topological polar surface area (TPSA) is 46.6 Å². The molecule has 0 atom stereocenters. The van der Waals surface area contributed by atoms with E-state index in [9.17, 15) is 9.59 Å². The number of amides is 1. The van der Waals surface area contributed by atoms with Crippen LogP contribution in [-0.4, -0.2) is 23.3 Å². The number of carbonyl (C=O) groups excluding carboxylic acids is 2. The molecule has 1 aromatic carbocycles. The number of hydrogen-bond acceptors (Lipinski definition) is 3. The van der Waals surface area contributed by atoms with Crippen LogP contribution >= 0.6 is 0 Å². The Bertz CT molecular complexity index is 439. The van der Waals surface area contributed by atoms with Gasteiger partial charge >= 0.3 is 6.09 Å². The van der Waals surface area contributed by atoms with Crippen LogP contribution in [0, 0.1) is 0 Å². The summed E-state index contributed by atoms with van der Waals surface area (Å²) in [5.41, 5.74) is 0.943. The molecule has 1 aliphatic rings. The Morgan fingerprint density at radius 1 is 1.29 bits per heavy atom. The van der Waals surface area contributed by atoms with Gasteiger partial charge in [-0.1, -0.05) is 30.3 Å². The summed E-state index contributed by atoms with van der Waals surface area (Å²) in [4.78, 5) is 24.0. The molecule has 1 aliphatic heterocycles. The maximum absolute atomic E-state index is 11.6. The minimum atomic E-state index is -0.419. The minimum Gasteiger partial charge on any atom is -0.444 e. The maximum atomic E-state index is 11.6. The van der Waals surface area contributed by atoms with Crippen LogP contribution in [0.2, 0.25) is 0 Å². The highest BCUT2D eigenvalue weighted by atomic mass is 16.6. The number of nitrogens with zero attached hydrogens (tertiary/aromatic N) is 1. The molecule has 0 unspecified atom stereocenters. The third-order valence-electron chi connectivity index (χ3n) is 2.48. The van der Waals surface area contributed by atoms with Crippen LogP contribution in [0.4, 0.5) is 4.79 Å². The van der Waals surface area contributed by atoms with E-state index in [1.807, 2.05) is 30.3 Å². The van der Waals surface area contributed by atoms with Crippen molar-refractivity contribution >= 4 is 11.9 Å². The molecule has 0 spiro atoms. The SMILES string of the molecule is O=C1C=CN(C(=O)OCc2ccccc2)CC1. The number of rotatable bonds is 2. The lowest BCUT2D eigenvalue weighted by Gasteiger charge is -2.20. The monoisotopic (exact) mass is 231 g/mol. The van der Waals surface area contributed by atoms with E-state index in [1.54, 1.807) is 0 Å². The third-order valence-corrected chi connectivity index (χ3v) is 2.48. The summed E-state index contributed by atoms with van der Waals surface area (Å²) in [6, 6.07) is 9.47. The molecule has 1 heterocycles. The molecule has 4 nitrogen and oxygen atoms in total. The molecular formula is C13H13NO3. The van der Waals surface area contributed by atoms with Gasteiger partial charge in [0.1, 0.15) is 6.61 Å². The largest absolute Gasteiger partial charge is 0.444 e. The molecule has 0 radical (unpaired) electrons. The minimum absolute atomic E-state index is 0.0390. The van der Waals surface area contributed by atoms with Crippen molar-refractivity contribution in [2.45, 2.75) is 13.0 Å². The van der Waals surface area contributed by atoms with Crippen molar-refractivity contribution in [2.75, 3.05) is 6.54 Å². The molecule has 0 aliphatic carbocycles. The summed E-state index contributed by atoms with van der Waals surface area (Å²) in [5, 5.41) is 0. The standard InChI is InChI=1S/C13H13NO3/c15-12-6-8-14(9-7-12)13(16)17-10-11-4-2-1-3-5-11/h1-6,8H,7,9-10H2. The average Bonchev–Trinajstić information content (AvgIpc) is 2.38. The summed E-state index contributed by atoms with van der Waals surface area (Å²) >= 11 is 0. The fraction of sp³-hybridized carbons (Fsp3) is 0.231. The predicted molar refractivity (Wildman–Crippen MR) is 62.1 cm³/mol. The molecule has 4 heteroatoms. The van der Waals surface area contributed by atoms with Crippen LogP contribution in [0.25, 0.3) is 0 Å². The van der Waals surface area contributed by atoms with Gasteiger partial charge in [-0.25, -0.2) is 4.79 Å². The summed E-state index contributed by atoms with van der Waals surface area (Å²) in [7, 11) is 0. The van der Waals surface area contributed by atoms with Crippen LogP contribution in [0.15, 0.2) is 42.6 Å². The molecule has 0 bridgehead atoms. The van der Waals surface area contributed by atoms with Crippen molar-refractivity contribution in [1.82, 2.24) is 4.90 Å². The first-order valence-corrected chi connectivity index (χ1v) is 5.44. The Morgan fingerprint density at radius 3 is 2.71 bits per heavy atom. The highest BCUT2D eigenvalue weighted by Gasteiger charge is 2.17. The van der Waals surface area contributed by atoms with Gasteiger partial charge in [-0.2, -0.15) is 0 Å². The predicted octanol–water partition coefficient (Wildman–Crippen LogP) is 2.11. The highest BCUT2D eigenvalue weighted by molar-refractivity contribution is 5.91. The van der Waals surface area contributed by atoms with E-state index in [0.717, 1.165) is 5.56 Å². The number of allylic oxidation sites excluding steroid dienone is 1. The van der Waals surface area contributed by atoms with Gasteiger partial charge in [0.2, 0.25) is 0 Å². The Kier molecular flexibility index (Phi) is 3.55. The second kappa shape index (κ2) is 5.30. The van der Waals surface area contributed by atoms with Gasteiger partial charge in [0.15, 0.2) is 5.78 Å². The number of benzene rings is 1. The van der Waals surface area contributed by atoms with E-state index in [2.05, 4.69) is 0 Å². The molecule has 0 saturated heterocycles. The zero-order chi connectivity index (χ0) is 12.1. The summed E-state index contributed by atoms with van der Waals surface area (Å²) in [6.45, 7) is 0.640. The van der Waals surface area contributed by atoms with Gasteiger partial charge in [-0.3, -0.25) is 9.69 Å². The lowest BCUT2D eigenvalue weighted by atomic mass is 10.2. The Labute approximate surface area is 99.5 Å². The van der Waals surface area contributed by atoms with Gasteiger partial charge in [0.25, 0.3) is 0 Å². The first-order chi connectivity index (χ1) is 8.25. The van der Waals surface area contributed by atoms with E-state index in [4.69, 9.17) is 4.74 Å². The highest BCUT2D eigenvalue weighted by Crippen LogP contribution is 2.07. The van der Waals surface area contributed by atoms with Crippen LogP contribution in [-0.2, 0) is 16.1 Å². The van der Waals surface area contributed by atoms with Crippen molar-refractivity contribution in [3.05, 3.63) is 48.2 Å². The quantitative estimate of drug-likeness (QED) is 0.783. The van der Waals surface area contributed by atoms with Crippen molar-refractivity contribution in [2.24, 2.45) is 0 Å². The van der Waals surface area contributed by atoms with Crippen LogP contribution < -0.4 is 0 Å². The van der Waals surface area contributed by atoms with Crippen molar-refractivity contribution < 1.29 is 14.3 Å². The number of ketones is 1. The Balaban J connectivity index is 1.86. The van der Waals surface area contributed by atoms with Gasteiger partial charge in [-0.05, 0) is 11.6 Å². The molecule has 17 heavy (non-hydrogen) atoms. The van der Waals surface area contributed by atoms with Gasteiger partial charge in [-0.15, -0.1) is 0 Å². The average molecular weight is 231 g/mol. The lowest BCUT2D eigenvalue weighted by Crippen LogP contribution is -2.31. The fourth-order valence-corrected chi connectivity index (χ4v) is 1.52. The van der Waals surface area contributed by atoms with Gasteiger partial charge < -0.3 is 4.74 Å². The number of carbonyl (C=O) groups is 2. The molecule has 1 amide bonds. The van der Waals surface area contributed by atoms with Crippen LogP contribution in [0.5, 0.6) is 0 Å². The third kappa shape index (κ3) is 3.17. The molecular weight excluding hydrogens is 218 g/mol. The molecule has 0 N–H and O–H groups in total. The summed E-state index contributed by atoms with van der Waals surface area (Å²) < 4.78 is 5.13. The zero-order valence-electron chi connectivity index (χ0n) is 9.33. The van der Waals surface area contributed by atoms with Gasteiger partial charge in [0.05, 0.1) is 0 Å². The lowest BCUT2D eigenvalue weighted by molar-refractivity contribution is -0.115. The van der Waals surface area contributed by atoms with E-state index >= 15 is 0 Å². The van der Waals surface area contributed by atoms with Crippen molar-refractivity contribution in [1.29, 1.82) is 0 Å². The zero-order valence-corrected chi connectivity index (χ0v) is 9.33. The normalized spacial score (nSPS) is 14.8. The van der Waals surface area contributed by atoms with Crippen molar-refractivity contribution in [3.63, 3.8) is 0 Å². The van der Waals surface area contributed by atoms with E-state index in [-0.39, 0.29) is 12.4 Å². The van der Waals surface area contributed by atoms with Crippen molar-refractivity contribution in [3.8, 4) is 0 Å². The fourth-order valence-electron chi connectivity index (χ4n) is 1.52. The molecule has 1 aromatic rings. The van der Waals surface area contributed by atoms with Crippen LogP contribution in [0.3, 0.4) is 0 Å². The number of ether oxygens (including phenoxy) is 1. The first kappa shape index (κ1) is 11.4. The van der Waals surface area contributed by atoms with E-state index in [0.29, 0.717) is 13.0 Å². The van der Waals surface area contributed by atoms with Gasteiger partial charge in [0, 0.05) is 19.2 Å². The van der Waals surface area contributed by atoms with Crippen LogP contribution in [0.1, 0.15) is 12.0 Å². The molecule has 0 saturated carbocycles. The summed E-state index contributed by atoms with van der Waals surface area (Å²) in [6.07, 6.45) is 2.81. The summed E-state index contributed by atoms with van der Waals surface area (Å²) in [5.74, 6) is 0.0390. The number of hydrogen-bond donors (Lipinski definition) is 0.